The Morgan fingerprint density at radius 2 is 1.76 bits per heavy atom. The summed E-state index contributed by atoms with van der Waals surface area (Å²) >= 11 is 12.2. The Morgan fingerprint density at radius 3 is 2.32 bits per heavy atom. The lowest BCUT2D eigenvalue weighted by molar-refractivity contribution is -0.148. The summed E-state index contributed by atoms with van der Waals surface area (Å²) in [4.78, 5) is 41.4. The number of rotatable bonds is 12. The van der Waals surface area contributed by atoms with Crippen LogP contribution in [0.1, 0.15) is 104 Å². The minimum absolute atomic E-state index is 0.0513. The van der Waals surface area contributed by atoms with Gasteiger partial charge in [0, 0.05) is 25.2 Å². The third kappa shape index (κ3) is 7.46. The molecule has 0 radical (unpaired) electrons. The van der Waals surface area contributed by atoms with Crippen LogP contribution in [0.2, 0.25) is 10.0 Å². The van der Waals surface area contributed by atoms with Crippen molar-refractivity contribution in [2.24, 2.45) is 17.8 Å². The molecule has 2 heterocycles. The molecule has 224 valence electrons. The van der Waals surface area contributed by atoms with Crippen LogP contribution >= 0.6 is 23.2 Å². The van der Waals surface area contributed by atoms with Gasteiger partial charge in [-0.15, -0.1) is 0 Å². The molecular weight excluding hydrogens is 589 g/mol. The van der Waals surface area contributed by atoms with Crippen molar-refractivity contribution in [1.29, 1.82) is 0 Å². The Labute approximate surface area is 244 Å². The van der Waals surface area contributed by atoms with E-state index in [9.17, 15) is 37.1 Å². The minimum atomic E-state index is -4.87. The second-order valence-electron chi connectivity index (χ2n) is 11.4. The zero-order valence-corrected chi connectivity index (χ0v) is 23.9. The molecule has 2 aliphatic carbocycles. The van der Waals surface area contributed by atoms with E-state index in [2.05, 4.69) is 10.1 Å². The summed E-state index contributed by atoms with van der Waals surface area (Å²) in [5, 5.41) is 13.4. The van der Waals surface area contributed by atoms with Crippen molar-refractivity contribution >= 4 is 40.7 Å². The van der Waals surface area contributed by atoms with Gasteiger partial charge < -0.3 is 5.11 Å². The number of carbonyl (C=O) groups is 3. The van der Waals surface area contributed by atoms with Gasteiger partial charge in [0.25, 0.3) is 0 Å². The number of carboxylic acid groups (broad SMARTS) is 1. The Balaban J connectivity index is 1.50. The second-order valence-corrected chi connectivity index (χ2v) is 12.2. The van der Waals surface area contributed by atoms with Crippen molar-refractivity contribution in [3.63, 3.8) is 0 Å². The number of ketones is 2. The lowest BCUT2D eigenvalue weighted by Crippen LogP contribution is -2.32. The molecule has 0 spiro atoms. The Bertz CT molecular complexity index is 1290. The predicted octanol–water partition coefficient (Wildman–Crippen LogP) is 7.80. The smallest absolute Gasteiger partial charge is 0.433 e. The van der Waals surface area contributed by atoms with Crippen LogP contribution in [0, 0.1) is 17.8 Å². The number of halogens is 6. The van der Waals surface area contributed by atoms with Crippen molar-refractivity contribution in [2.45, 2.75) is 89.0 Å². The maximum Gasteiger partial charge on any atom is 0.433 e. The fourth-order valence-electron chi connectivity index (χ4n) is 5.79. The van der Waals surface area contributed by atoms with Gasteiger partial charge >= 0.3 is 12.1 Å². The molecule has 2 unspecified atom stereocenters. The number of alkyl halides is 4. The number of hydrogen-bond acceptors (Lipinski definition) is 5. The fourth-order valence-corrected chi connectivity index (χ4v) is 6.37. The largest absolute Gasteiger partial charge is 0.481 e. The molecule has 0 amide bonds. The monoisotopic (exact) mass is 619 g/mol. The van der Waals surface area contributed by atoms with E-state index in [0.717, 1.165) is 10.9 Å². The average molecular weight is 620 g/mol. The molecular formula is C28H31Cl2F4N3O4. The molecule has 2 saturated carbocycles. The molecule has 7 nitrogen and oxygen atoms in total. The van der Waals surface area contributed by atoms with Crippen molar-refractivity contribution in [1.82, 2.24) is 14.8 Å². The summed E-state index contributed by atoms with van der Waals surface area (Å²) in [6.45, 7) is 1.69. The van der Waals surface area contributed by atoms with E-state index in [1.165, 1.54) is 12.4 Å². The number of hydrogen-bond donors (Lipinski definition) is 1. The lowest BCUT2D eigenvalue weighted by Gasteiger charge is -2.33. The Morgan fingerprint density at radius 1 is 1.10 bits per heavy atom. The van der Waals surface area contributed by atoms with Gasteiger partial charge in [-0.25, -0.2) is 4.39 Å². The quantitative estimate of drug-likeness (QED) is 0.192. The predicted molar refractivity (Wildman–Crippen MR) is 143 cm³/mol. The summed E-state index contributed by atoms with van der Waals surface area (Å²) in [5.41, 5.74) is -2.97. The van der Waals surface area contributed by atoms with Crippen molar-refractivity contribution in [3.05, 3.63) is 45.5 Å². The van der Waals surface area contributed by atoms with Gasteiger partial charge in [0.2, 0.25) is 0 Å². The van der Waals surface area contributed by atoms with Crippen LogP contribution in [-0.4, -0.2) is 43.1 Å². The van der Waals surface area contributed by atoms with Crippen LogP contribution in [0.25, 0.3) is 0 Å². The van der Waals surface area contributed by atoms with Gasteiger partial charge in [0.15, 0.2) is 17.3 Å². The number of carbonyl (C=O) groups excluding carboxylic acids is 2. The van der Waals surface area contributed by atoms with Gasteiger partial charge in [0.05, 0.1) is 39.3 Å². The molecule has 41 heavy (non-hydrogen) atoms. The van der Waals surface area contributed by atoms with Gasteiger partial charge in [-0.1, -0.05) is 30.1 Å². The van der Waals surface area contributed by atoms with Gasteiger partial charge in [-0.2, -0.15) is 18.3 Å². The van der Waals surface area contributed by atoms with Crippen LogP contribution < -0.4 is 0 Å². The molecule has 1 N–H and O–H groups in total. The number of pyridine rings is 1. The molecule has 0 aliphatic heterocycles. The van der Waals surface area contributed by atoms with Crippen LogP contribution in [0.3, 0.4) is 0 Å². The van der Waals surface area contributed by atoms with Crippen LogP contribution in [-0.2, 0) is 11.0 Å². The number of carboxylic acids is 1. The summed E-state index contributed by atoms with van der Waals surface area (Å²) in [6.07, 6.45) is 0.0902. The number of aliphatic carboxylic acids is 1. The molecule has 2 fully saturated rings. The van der Waals surface area contributed by atoms with Gasteiger partial charge in [0.1, 0.15) is 5.67 Å². The van der Waals surface area contributed by atoms with Gasteiger partial charge in [-0.3, -0.25) is 24.0 Å². The second kappa shape index (κ2) is 12.4. The maximum absolute atomic E-state index is 14.4. The van der Waals surface area contributed by atoms with E-state index >= 15 is 0 Å². The minimum Gasteiger partial charge on any atom is -0.481 e. The fraction of sp³-hybridized carbons (Fsp3) is 0.607. The van der Waals surface area contributed by atoms with Crippen LogP contribution in [0.15, 0.2) is 18.6 Å². The van der Waals surface area contributed by atoms with Gasteiger partial charge in [-0.05, 0) is 63.2 Å². The summed E-state index contributed by atoms with van der Waals surface area (Å²) in [6, 6.07) is -0.696. The maximum atomic E-state index is 14.4. The molecule has 0 bridgehead atoms. The van der Waals surface area contributed by atoms with E-state index in [0.29, 0.717) is 12.8 Å². The number of aromatic nitrogens is 3. The first-order valence-electron chi connectivity index (χ1n) is 13.6. The summed E-state index contributed by atoms with van der Waals surface area (Å²) in [5.74, 6) is -3.68. The molecule has 2 aromatic heterocycles. The normalized spacial score (nSPS) is 22.8. The van der Waals surface area contributed by atoms with E-state index in [1.54, 1.807) is 6.92 Å². The highest BCUT2D eigenvalue weighted by molar-refractivity contribution is 6.39. The molecule has 0 saturated heterocycles. The van der Waals surface area contributed by atoms with Crippen LogP contribution in [0.5, 0.6) is 0 Å². The Hall–Kier alpha value is -2.53. The summed E-state index contributed by atoms with van der Waals surface area (Å²) in [7, 11) is 0. The highest BCUT2D eigenvalue weighted by Gasteiger charge is 2.44. The van der Waals surface area contributed by atoms with Crippen LogP contribution in [0.4, 0.5) is 17.6 Å². The molecule has 4 atom stereocenters. The van der Waals surface area contributed by atoms with E-state index in [-0.39, 0.29) is 72.9 Å². The molecule has 13 heteroatoms. The zero-order chi connectivity index (χ0) is 30.1. The standard InChI is InChI=1S/C28H31Cl2F4N3O4/c1-15-10-17(3-4-18(15)26(40)41)37-25(28(32,33)34)19(12-36-37)22(38)5-2-16(6-7-27(31)8-9-27)11-23(39)24-20(29)13-35-14-21(24)30/h12-18H,2-11H2,1H3,(H,40,41)/t15?,16-,17-,18?/m1/s1. The summed E-state index contributed by atoms with van der Waals surface area (Å²) < 4.78 is 57.9. The van der Waals surface area contributed by atoms with Crippen molar-refractivity contribution in [2.75, 3.05) is 0 Å². The first kappa shape index (κ1) is 31.4. The highest BCUT2D eigenvalue weighted by Crippen LogP contribution is 2.45. The van der Waals surface area contributed by atoms with E-state index in [4.69, 9.17) is 23.2 Å². The highest BCUT2D eigenvalue weighted by atomic mass is 35.5. The van der Waals surface area contributed by atoms with Crippen molar-refractivity contribution in [3.8, 4) is 0 Å². The molecule has 4 rings (SSSR count). The lowest BCUT2D eigenvalue weighted by atomic mass is 9.78. The van der Waals surface area contributed by atoms with E-state index < -0.39 is 58.5 Å². The SMILES string of the molecule is CC1C[C@H](n2ncc(C(=O)CC[C@H](CCC3(F)CC3)CC(=O)c3c(Cl)cncc3Cl)c2C(F)(F)F)CCC1C(=O)O. The topological polar surface area (TPSA) is 102 Å². The third-order valence-corrected chi connectivity index (χ3v) is 8.92. The zero-order valence-electron chi connectivity index (χ0n) is 22.4. The molecule has 2 aliphatic rings. The third-order valence-electron chi connectivity index (χ3n) is 8.35. The average Bonchev–Trinajstić information content (AvgIpc) is 3.43. The molecule has 0 aromatic carbocycles. The first-order valence-corrected chi connectivity index (χ1v) is 14.4. The van der Waals surface area contributed by atoms with Crippen molar-refractivity contribution < 1.29 is 37.1 Å². The van der Waals surface area contributed by atoms with E-state index in [1.807, 2.05) is 0 Å². The first-order chi connectivity index (χ1) is 19.2. The number of Topliss-reactive ketones (excluding diaryl/α,β-unsaturated/α-hetero) is 2. The Kier molecular flexibility index (Phi) is 9.48. The molecule has 2 aromatic rings. The number of nitrogens with zero attached hydrogens (tertiary/aromatic N) is 3.